The maximum absolute atomic E-state index is 5.72. The van der Waals surface area contributed by atoms with Gasteiger partial charge in [0.2, 0.25) is 0 Å². The highest BCUT2D eigenvalue weighted by Crippen LogP contribution is 2.30. The van der Waals surface area contributed by atoms with Crippen molar-refractivity contribution < 1.29 is 9.47 Å². The lowest BCUT2D eigenvalue weighted by Gasteiger charge is -2.16. The number of nitrogens with one attached hydrogen (secondary N) is 1. The van der Waals surface area contributed by atoms with Crippen LogP contribution in [0.3, 0.4) is 0 Å². The fourth-order valence-corrected chi connectivity index (χ4v) is 2.32. The molecule has 0 radical (unpaired) electrons. The number of benzene rings is 1. The van der Waals surface area contributed by atoms with Crippen LogP contribution < -0.4 is 19.7 Å². The van der Waals surface area contributed by atoms with Crippen LogP contribution in [0.15, 0.2) is 30.6 Å². The standard InChI is InChI=1S/C17H22N4O2/c1-3-21(2)17-10-16(19-12-20-17)18-11-13-5-6-14-15(9-13)23-8-4-7-22-14/h5-6,9-10,12H,3-4,7-8,11H2,1-2H3,(H,18,19,20). The van der Waals surface area contributed by atoms with E-state index in [-0.39, 0.29) is 0 Å². The second-order valence-corrected chi connectivity index (χ2v) is 5.46. The topological polar surface area (TPSA) is 59.5 Å². The van der Waals surface area contributed by atoms with E-state index in [1.54, 1.807) is 6.33 Å². The van der Waals surface area contributed by atoms with Crippen molar-refractivity contribution in [1.82, 2.24) is 9.97 Å². The van der Waals surface area contributed by atoms with Crippen LogP contribution in [0, 0.1) is 0 Å². The fourth-order valence-electron chi connectivity index (χ4n) is 2.32. The van der Waals surface area contributed by atoms with E-state index in [1.165, 1.54) is 0 Å². The molecule has 3 rings (SSSR count). The van der Waals surface area contributed by atoms with Gasteiger partial charge in [0, 0.05) is 32.6 Å². The van der Waals surface area contributed by atoms with E-state index in [9.17, 15) is 0 Å². The van der Waals surface area contributed by atoms with Gasteiger partial charge in [0.05, 0.1) is 13.2 Å². The molecular formula is C17H22N4O2. The number of rotatable bonds is 5. The highest BCUT2D eigenvalue weighted by molar-refractivity contribution is 5.49. The Hall–Kier alpha value is -2.50. The largest absolute Gasteiger partial charge is 0.490 e. The third-order valence-electron chi connectivity index (χ3n) is 3.80. The van der Waals surface area contributed by atoms with Gasteiger partial charge in [-0.15, -0.1) is 0 Å². The van der Waals surface area contributed by atoms with Crippen LogP contribution in [0.2, 0.25) is 0 Å². The van der Waals surface area contributed by atoms with Crippen molar-refractivity contribution in [3.05, 3.63) is 36.2 Å². The zero-order chi connectivity index (χ0) is 16.1. The molecule has 0 atom stereocenters. The predicted octanol–water partition coefficient (Wildman–Crippen LogP) is 2.71. The molecule has 0 saturated heterocycles. The molecule has 0 aliphatic carbocycles. The van der Waals surface area contributed by atoms with E-state index in [2.05, 4.69) is 27.1 Å². The molecule has 0 saturated carbocycles. The maximum atomic E-state index is 5.72. The predicted molar refractivity (Wildman–Crippen MR) is 90.4 cm³/mol. The third kappa shape index (κ3) is 3.83. The van der Waals surface area contributed by atoms with E-state index in [1.807, 2.05) is 31.3 Å². The minimum atomic E-state index is 0.670. The van der Waals surface area contributed by atoms with E-state index >= 15 is 0 Å². The van der Waals surface area contributed by atoms with Gasteiger partial charge < -0.3 is 19.7 Å². The van der Waals surface area contributed by atoms with Crippen LogP contribution in [0.1, 0.15) is 18.9 Å². The summed E-state index contributed by atoms with van der Waals surface area (Å²) in [5, 5.41) is 3.33. The zero-order valence-electron chi connectivity index (χ0n) is 13.6. The molecule has 6 nitrogen and oxygen atoms in total. The number of hydrogen-bond acceptors (Lipinski definition) is 6. The third-order valence-corrected chi connectivity index (χ3v) is 3.80. The van der Waals surface area contributed by atoms with Crippen LogP contribution in [0.5, 0.6) is 11.5 Å². The molecule has 1 aromatic carbocycles. The molecule has 0 bridgehead atoms. The molecule has 2 heterocycles. The van der Waals surface area contributed by atoms with E-state index < -0.39 is 0 Å². The Morgan fingerprint density at radius 3 is 2.78 bits per heavy atom. The molecule has 0 fully saturated rings. The van der Waals surface area contributed by atoms with E-state index in [0.717, 1.165) is 41.7 Å². The summed E-state index contributed by atoms with van der Waals surface area (Å²) in [6, 6.07) is 7.98. The van der Waals surface area contributed by atoms with Crippen LogP contribution in [-0.4, -0.2) is 36.8 Å². The van der Waals surface area contributed by atoms with Gasteiger partial charge in [-0.3, -0.25) is 0 Å². The number of hydrogen-bond donors (Lipinski definition) is 1. The van der Waals surface area contributed by atoms with Gasteiger partial charge in [0.25, 0.3) is 0 Å². The highest BCUT2D eigenvalue weighted by Gasteiger charge is 2.10. The summed E-state index contributed by atoms with van der Waals surface area (Å²) in [4.78, 5) is 10.6. The lowest BCUT2D eigenvalue weighted by atomic mass is 10.2. The lowest BCUT2D eigenvalue weighted by Crippen LogP contribution is -2.17. The Morgan fingerprint density at radius 2 is 1.96 bits per heavy atom. The molecule has 23 heavy (non-hydrogen) atoms. The molecule has 2 aromatic rings. The van der Waals surface area contributed by atoms with Crippen molar-refractivity contribution >= 4 is 11.6 Å². The van der Waals surface area contributed by atoms with Crippen LogP contribution in [0.25, 0.3) is 0 Å². The summed E-state index contributed by atoms with van der Waals surface area (Å²) in [6.45, 7) is 5.07. The van der Waals surface area contributed by atoms with Crippen LogP contribution in [0.4, 0.5) is 11.6 Å². The molecule has 6 heteroatoms. The molecule has 0 unspecified atom stereocenters. The highest BCUT2D eigenvalue weighted by atomic mass is 16.5. The van der Waals surface area contributed by atoms with Crippen molar-refractivity contribution in [2.24, 2.45) is 0 Å². The Morgan fingerprint density at radius 1 is 1.13 bits per heavy atom. The maximum Gasteiger partial charge on any atom is 0.161 e. The molecule has 1 aromatic heterocycles. The minimum absolute atomic E-state index is 0.670. The monoisotopic (exact) mass is 314 g/mol. The summed E-state index contributed by atoms with van der Waals surface area (Å²) < 4.78 is 11.4. The smallest absolute Gasteiger partial charge is 0.161 e. The van der Waals surface area contributed by atoms with Crippen molar-refractivity contribution in [3.63, 3.8) is 0 Å². The molecule has 1 aliphatic heterocycles. The van der Waals surface area contributed by atoms with Gasteiger partial charge in [-0.2, -0.15) is 0 Å². The van der Waals surface area contributed by atoms with E-state index in [0.29, 0.717) is 19.8 Å². The van der Waals surface area contributed by atoms with Crippen LogP contribution >= 0.6 is 0 Å². The fraction of sp³-hybridized carbons (Fsp3) is 0.412. The molecule has 1 N–H and O–H groups in total. The Labute approximate surface area is 136 Å². The molecule has 0 amide bonds. The van der Waals surface area contributed by atoms with Gasteiger partial charge in [0.15, 0.2) is 11.5 Å². The first-order chi connectivity index (χ1) is 11.3. The van der Waals surface area contributed by atoms with Crippen molar-refractivity contribution in [2.75, 3.05) is 37.0 Å². The summed E-state index contributed by atoms with van der Waals surface area (Å²) in [5.41, 5.74) is 1.12. The molecule has 1 aliphatic rings. The van der Waals surface area contributed by atoms with Crippen molar-refractivity contribution in [1.29, 1.82) is 0 Å². The Kier molecular flexibility index (Phi) is 4.80. The minimum Gasteiger partial charge on any atom is -0.490 e. The van der Waals surface area contributed by atoms with E-state index in [4.69, 9.17) is 9.47 Å². The zero-order valence-corrected chi connectivity index (χ0v) is 13.6. The van der Waals surface area contributed by atoms with Crippen LogP contribution in [-0.2, 0) is 6.54 Å². The van der Waals surface area contributed by atoms with Gasteiger partial charge in [-0.25, -0.2) is 9.97 Å². The first kappa shape index (κ1) is 15.4. The molecular weight excluding hydrogens is 292 g/mol. The average molecular weight is 314 g/mol. The molecule has 122 valence electrons. The summed E-state index contributed by atoms with van der Waals surface area (Å²) in [6.07, 6.45) is 2.49. The van der Waals surface area contributed by atoms with Gasteiger partial charge in [0.1, 0.15) is 18.0 Å². The van der Waals surface area contributed by atoms with Crippen molar-refractivity contribution in [2.45, 2.75) is 19.9 Å². The summed E-state index contributed by atoms with van der Waals surface area (Å²) in [7, 11) is 2.01. The average Bonchev–Trinajstić information content (AvgIpc) is 2.84. The second kappa shape index (κ2) is 7.17. The second-order valence-electron chi connectivity index (χ2n) is 5.46. The summed E-state index contributed by atoms with van der Waals surface area (Å²) >= 11 is 0. The number of anilines is 2. The first-order valence-corrected chi connectivity index (χ1v) is 7.92. The van der Waals surface area contributed by atoms with Gasteiger partial charge >= 0.3 is 0 Å². The van der Waals surface area contributed by atoms with Gasteiger partial charge in [-0.05, 0) is 24.6 Å². The molecule has 0 spiro atoms. The number of ether oxygens (including phenoxy) is 2. The lowest BCUT2D eigenvalue weighted by molar-refractivity contribution is 0.297. The van der Waals surface area contributed by atoms with Gasteiger partial charge in [-0.1, -0.05) is 6.07 Å². The SMILES string of the molecule is CCN(C)c1cc(NCc2ccc3c(c2)OCCCO3)ncn1. The first-order valence-electron chi connectivity index (χ1n) is 7.92. The van der Waals surface area contributed by atoms with Crippen molar-refractivity contribution in [3.8, 4) is 11.5 Å². The Balaban J connectivity index is 1.67. The number of fused-ring (bicyclic) bond motifs is 1. The normalized spacial score (nSPS) is 13.3. The quantitative estimate of drug-likeness (QED) is 0.915. The Bertz CT molecular complexity index is 663. The number of aromatic nitrogens is 2. The summed E-state index contributed by atoms with van der Waals surface area (Å²) in [5.74, 6) is 3.35. The number of nitrogens with zero attached hydrogens (tertiary/aromatic N) is 3.